The van der Waals surface area contributed by atoms with Crippen molar-refractivity contribution in [2.24, 2.45) is 0 Å². The molecular weight excluding hydrogens is 392 g/mol. The quantitative estimate of drug-likeness (QED) is 0.468. The van der Waals surface area contributed by atoms with Gasteiger partial charge in [0, 0.05) is 5.25 Å². The highest BCUT2D eigenvalue weighted by Crippen LogP contribution is 2.35. The number of piperidine rings is 1. The maximum atomic E-state index is 5.40. The van der Waals surface area contributed by atoms with Gasteiger partial charge in [0.1, 0.15) is 11.6 Å². The van der Waals surface area contributed by atoms with Gasteiger partial charge in [-0.05, 0) is 56.1 Å². The molecule has 0 N–H and O–H groups in total. The number of ether oxygens (including phenoxy) is 1. The molecular formula is C24H30N4OS. The second-order valence-electron chi connectivity index (χ2n) is 7.84. The standard InChI is InChI=1S/C24H30N4OS/c1-19(21-12-9-13-22(16-21)29-2)30-24-26-25-23(18-27-14-7-4-8-15-27)28(24)17-20-10-5-3-6-11-20/h3,5-6,9-13,16,19H,4,7-8,14-15,17-18H2,1-2H3. The number of hydrogen-bond acceptors (Lipinski definition) is 5. The van der Waals surface area contributed by atoms with Crippen LogP contribution in [-0.2, 0) is 13.1 Å². The third kappa shape index (κ3) is 5.24. The fourth-order valence-corrected chi connectivity index (χ4v) is 4.87. The van der Waals surface area contributed by atoms with Crippen LogP contribution in [0.15, 0.2) is 59.8 Å². The van der Waals surface area contributed by atoms with E-state index in [-0.39, 0.29) is 5.25 Å². The lowest BCUT2D eigenvalue weighted by Crippen LogP contribution is -2.30. The van der Waals surface area contributed by atoms with Crippen LogP contribution in [0.5, 0.6) is 5.75 Å². The SMILES string of the molecule is COc1cccc(C(C)Sc2nnc(CN3CCCCC3)n2Cc2ccccc2)c1. The Morgan fingerprint density at radius 3 is 2.53 bits per heavy atom. The highest BCUT2D eigenvalue weighted by molar-refractivity contribution is 7.99. The number of aromatic nitrogens is 3. The summed E-state index contributed by atoms with van der Waals surface area (Å²) in [6.07, 6.45) is 3.90. The second-order valence-corrected chi connectivity index (χ2v) is 9.15. The largest absolute Gasteiger partial charge is 0.497 e. The van der Waals surface area contributed by atoms with Crippen LogP contribution in [0, 0.1) is 0 Å². The van der Waals surface area contributed by atoms with Crippen LogP contribution in [0.4, 0.5) is 0 Å². The first-order chi connectivity index (χ1) is 14.7. The van der Waals surface area contributed by atoms with Crippen LogP contribution in [0.1, 0.15) is 48.4 Å². The summed E-state index contributed by atoms with van der Waals surface area (Å²) < 4.78 is 7.70. The molecule has 0 radical (unpaired) electrons. The summed E-state index contributed by atoms with van der Waals surface area (Å²) >= 11 is 1.76. The number of methoxy groups -OCH3 is 1. The van der Waals surface area contributed by atoms with Crippen molar-refractivity contribution in [3.05, 3.63) is 71.5 Å². The van der Waals surface area contributed by atoms with Gasteiger partial charge in [0.2, 0.25) is 0 Å². The van der Waals surface area contributed by atoms with E-state index in [1.54, 1.807) is 18.9 Å². The zero-order valence-electron chi connectivity index (χ0n) is 17.8. The molecule has 0 saturated carbocycles. The van der Waals surface area contributed by atoms with Crippen LogP contribution in [0.2, 0.25) is 0 Å². The minimum Gasteiger partial charge on any atom is -0.497 e. The van der Waals surface area contributed by atoms with Crippen LogP contribution in [0.3, 0.4) is 0 Å². The van der Waals surface area contributed by atoms with Crippen LogP contribution in [-0.4, -0.2) is 39.9 Å². The summed E-state index contributed by atoms with van der Waals surface area (Å²) in [6.45, 7) is 6.19. The molecule has 1 fully saturated rings. The molecule has 1 atom stereocenters. The molecule has 2 aromatic carbocycles. The Bertz CT molecular complexity index is 937. The van der Waals surface area contributed by atoms with Gasteiger partial charge in [0.15, 0.2) is 5.16 Å². The molecule has 158 valence electrons. The first kappa shape index (κ1) is 20.9. The van der Waals surface area contributed by atoms with Crippen LogP contribution < -0.4 is 4.74 Å². The number of benzene rings is 2. The van der Waals surface area contributed by atoms with Gasteiger partial charge in [0.05, 0.1) is 20.2 Å². The third-order valence-corrected chi connectivity index (χ3v) is 6.77. The van der Waals surface area contributed by atoms with Crippen molar-refractivity contribution in [1.29, 1.82) is 0 Å². The molecule has 0 spiro atoms. The van der Waals surface area contributed by atoms with Gasteiger partial charge in [-0.15, -0.1) is 10.2 Å². The molecule has 5 nitrogen and oxygen atoms in total. The van der Waals surface area contributed by atoms with Crippen molar-refractivity contribution in [1.82, 2.24) is 19.7 Å². The number of nitrogens with zero attached hydrogens (tertiary/aromatic N) is 4. The first-order valence-electron chi connectivity index (χ1n) is 10.7. The van der Waals surface area contributed by atoms with E-state index < -0.39 is 0 Å². The van der Waals surface area contributed by atoms with Crippen molar-refractivity contribution in [3.8, 4) is 5.75 Å². The van der Waals surface area contributed by atoms with E-state index >= 15 is 0 Å². The van der Waals surface area contributed by atoms with Crippen LogP contribution >= 0.6 is 11.8 Å². The van der Waals surface area contributed by atoms with Gasteiger partial charge >= 0.3 is 0 Å². The first-order valence-corrected chi connectivity index (χ1v) is 11.6. The monoisotopic (exact) mass is 422 g/mol. The number of likely N-dealkylation sites (tertiary alicyclic amines) is 1. The van der Waals surface area contributed by atoms with Gasteiger partial charge in [-0.1, -0.05) is 60.6 Å². The molecule has 1 unspecified atom stereocenters. The lowest BCUT2D eigenvalue weighted by molar-refractivity contribution is 0.213. The molecule has 4 rings (SSSR count). The van der Waals surface area contributed by atoms with Gasteiger partial charge in [-0.2, -0.15) is 0 Å². The van der Waals surface area contributed by atoms with Gasteiger partial charge in [0.25, 0.3) is 0 Å². The molecule has 2 heterocycles. The van der Waals surface area contributed by atoms with Crippen molar-refractivity contribution in [2.45, 2.75) is 49.7 Å². The molecule has 6 heteroatoms. The van der Waals surface area contributed by atoms with Crippen molar-refractivity contribution < 1.29 is 4.74 Å². The average Bonchev–Trinajstić information content (AvgIpc) is 3.16. The molecule has 1 aromatic heterocycles. The van der Waals surface area contributed by atoms with Gasteiger partial charge in [-0.3, -0.25) is 4.90 Å². The maximum absolute atomic E-state index is 5.40. The molecule has 1 aliphatic heterocycles. The molecule has 1 aliphatic rings. The van der Waals surface area contributed by atoms with E-state index in [1.807, 2.05) is 12.1 Å². The minimum absolute atomic E-state index is 0.252. The van der Waals surface area contributed by atoms with Crippen LogP contribution in [0.25, 0.3) is 0 Å². The molecule has 3 aromatic rings. The predicted molar refractivity (Wildman–Crippen MR) is 122 cm³/mol. The Hall–Kier alpha value is -2.31. The summed E-state index contributed by atoms with van der Waals surface area (Å²) in [7, 11) is 1.71. The highest BCUT2D eigenvalue weighted by atomic mass is 32.2. The normalized spacial score (nSPS) is 15.8. The Labute approximate surface area is 183 Å². The Kier molecular flexibility index (Phi) is 7.07. The maximum Gasteiger partial charge on any atom is 0.192 e. The van der Waals surface area contributed by atoms with E-state index in [0.717, 1.165) is 42.9 Å². The van der Waals surface area contributed by atoms with E-state index in [2.05, 4.69) is 69.1 Å². The topological polar surface area (TPSA) is 43.2 Å². The summed E-state index contributed by atoms with van der Waals surface area (Å²) in [5, 5.41) is 10.4. The van der Waals surface area contributed by atoms with Gasteiger partial charge < -0.3 is 9.30 Å². The fourth-order valence-electron chi connectivity index (χ4n) is 3.89. The van der Waals surface area contributed by atoms with Crippen molar-refractivity contribution in [3.63, 3.8) is 0 Å². The average molecular weight is 423 g/mol. The molecule has 30 heavy (non-hydrogen) atoms. The number of rotatable bonds is 8. The summed E-state index contributed by atoms with van der Waals surface area (Å²) in [4.78, 5) is 2.51. The smallest absolute Gasteiger partial charge is 0.192 e. The fraction of sp³-hybridized carbons (Fsp3) is 0.417. The Morgan fingerprint density at radius 1 is 0.967 bits per heavy atom. The van der Waals surface area contributed by atoms with E-state index in [0.29, 0.717) is 0 Å². The summed E-state index contributed by atoms with van der Waals surface area (Å²) in [5.41, 5.74) is 2.50. The van der Waals surface area contributed by atoms with E-state index in [4.69, 9.17) is 4.74 Å². The predicted octanol–water partition coefficient (Wildman–Crippen LogP) is 5.17. The highest BCUT2D eigenvalue weighted by Gasteiger charge is 2.20. The summed E-state index contributed by atoms with van der Waals surface area (Å²) in [5.74, 6) is 1.94. The number of hydrogen-bond donors (Lipinski definition) is 0. The molecule has 1 saturated heterocycles. The van der Waals surface area contributed by atoms with E-state index in [1.165, 1.54) is 30.4 Å². The Balaban J connectivity index is 1.57. The van der Waals surface area contributed by atoms with Gasteiger partial charge in [-0.25, -0.2) is 0 Å². The summed E-state index contributed by atoms with van der Waals surface area (Å²) in [6, 6.07) is 18.9. The molecule has 0 bridgehead atoms. The van der Waals surface area contributed by atoms with Crippen molar-refractivity contribution >= 4 is 11.8 Å². The second kappa shape index (κ2) is 10.1. The lowest BCUT2D eigenvalue weighted by Gasteiger charge is -2.26. The van der Waals surface area contributed by atoms with E-state index in [9.17, 15) is 0 Å². The molecule has 0 aliphatic carbocycles. The zero-order valence-corrected chi connectivity index (χ0v) is 18.6. The third-order valence-electron chi connectivity index (χ3n) is 5.64. The zero-order chi connectivity index (χ0) is 20.8. The lowest BCUT2D eigenvalue weighted by atomic mass is 10.1. The van der Waals surface area contributed by atoms with Crippen molar-refractivity contribution in [2.75, 3.05) is 20.2 Å². The minimum atomic E-state index is 0.252. The molecule has 0 amide bonds. The Morgan fingerprint density at radius 2 is 1.77 bits per heavy atom. The number of thioether (sulfide) groups is 1.